The van der Waals surface area contributed by atoms with Gasteiger partial charge in [-0.05, 0) is 98.8 Å². The molecule has 0 radical (unpaired) electrons. The maximum Gasteiger partial charge on any atom is 0.266 e. The molecule has 3 unspecified atom stereocenters. The van der Waals surface area contributed by atoms with Crippen LogP contribution in [0.3, 0.4) is 0 Å². The van der Waals surface area contributed by atoms with E-state index in [0.29, 0.717) is 34.2 Å². The average molecular weight is 1020 g/mol. The van der Waals surface area contributed by atoms with Gasteiger partial charge in [0.25, 0.3) is 14.4 Å². The summed E-state index contributed by atoms with van der Waals surface area (Å²) in [6, 6.07) is 45.0. The average Bonchev–Trinajstić information content (AvgIpc) is 4.01. The first-order valence-corrected chi connectivity index (χ1v) is 25.8. The van der Waals surface area contributed by atoms with Gasteiger partial charge in [-0.15, -0.1) is 0 Å². The fraction of sp³-hybridized carbons (Fsp3) is 0.351. The number of carbonyl (C=O) groups excluding carboxylic acids is 1. The number of imidazole rings is 1. The van der Waals surface area contributed by atoms with Gasteiger partial charge in [-0.1, -0.05) is 97.1 Å². The lowest BCUT2D eigenvalue weighted by atomic mass is 9.80. The zero-order valence-corrected chi connectivity index (χ0v) is 44.0. The van der Waals surface area contributed by atoms with Gasteiger partial charge in [0.05, 0.1) is 52.8 Å². The second kappa shape index (κ2) is 25.0. The van der Waals surface area contributed by atoms with Gasteiger partial charge in [-0.25, -0.2) is 19.6 Å². The molecule has 5 atom stereocenters. The SMILES string of the molecule is COc1ccc(C(OC[C@H]2O[C@@H](n3cnc4c(N(Cc5ccccc5C)C(=O)COc5ccccc5)ncnc43)C(OC)C2OP(OCCC#N)N(C(C)C)C(C)C)(c2ccccc2)c2ccc(OC)cc2)cc1. The number of aromatic nitrogens is 4. The number of ether oxygens (including phenoxy) is 6. The highest BCUT2D eigenvalue weighted by molar-refractivity contribution is 7.44. The third kappa shape index (κ3) is 11.8. The van der Waals surface area contributed by atoms with Crippen LogP contribution in [-0.4, -0.2) is 102 Å². The van der Waals surface area contributed by atoms with Gasteiger partial charge in [0.15, 0.2) is 29.8 Å². The Morgan fingerprint density at radius 1 is 0.770 bits per heavy atom. The molecule has 7 aromatic rings. The summed E-state index contributed by atoms with van der Waals surface area (Å²) in [6.45, 7) is 10.4. The van der Waals surface area contributed by atoms with Gasteiger partial charge in [-0.2, -0.15) is 5.26 Å². The highest BCUT2D eigenvalue weighted by Gasteiger charge is 2.51. The monoisotopic (exact) mass is 1020 g/mol. The third-order valence-corrected chi connectivity index (χ3v) is 15.1. The first kappa shape index (κ1) is 53.5. The van der Waals surface area contributed by atoms with Crippen LogP contribution in [0.4, 0.5) is 5.82 Å². The number of aryl methyl sites for hydroxylation is 1. The summed E-state index contributed by atoms with van der Waals surface area (Å²) in [5, 5.41) is 9.61. The highest BCUT2D eigenvalue weighted by Crippen LogP contribution is 2.51. The predicted molar refractivity (Wildman–Crippen MR) is 283 cm³/mol. The third-order valence-electron chi connectivity index (χ3n) is 12.9. The van der Waals surface area contributed by atoms with Crippen LogP contribution in [0.15, 0.2) is 146 Å². The van der Waals surface area contributed by atoms with Crippen molar-refractivity contribution >= 4 is 31.4 Å². The summed E-state index contributed by atoms with van der Waals surface area (Å²) in [6.07, 6.45) is -0.133. The maximum absolute atomic E-state index is 14.4. The topological polar surface area (TPSA) is 165 Å². The molecule has 5 aromatic carbocycles. The molecule has 1 aliphatic heterocycles. The van der Waals surface area contributed by atoms with E-state index in [9.17, 15) is 10.1 Å². The van der Waals surface area contributed by atoms with E-state index in [1.165, 1.54) is 6.33 Å². The van der Waals surface area contributed by atoms with Crippen LogP contribution in [0.25, 0.3) is 11.2 Å². The molecule has 0 spiro atoms. The Morgan fingerprint density at radius 2 is 1.38 bits per heavy atom. The molecular weight excluding hydrogens is 958 g/mol. The molecule has 1 amide bonds. The number of benzene rings is 5. The first-order chi connectivity index (χ1) is 36.0. The number of fused-ring (bicyclic) bond motifs is 1. The number of nitriles is 1. The smallest absolute Gasteiger partial charge is 0.266 e. The lowest BCUT2D eigenvalue weighted by Crippen LogP contribution is -2.42. The number of amides is 1. The lowest BCUT2D eigenvalue weighted by Gasteiger charge is -2.39. The molecule has 386 valence electrons. The molecule has 0 saturated carbocycles. The van der Waals surface area contributed by atoms with Crippen LogP contribution in [0.1, 0.15) is 68.2 Å². The Balaban J connectivity index is 1.23. The molecule has 0 bridgehead atoms. The van der Waals surface area contributed by atoms with Crippen molar-refractivity contribution in [2.24, 2.45) is 0 Å². The molecule has 74 heavy (non-hydrogen) atoms. The standard InChI is InChI=1S/C57H64N7O9P/c1-39(2)64(40(3)4)74(71-33-17-32-58)73-52-49(35-70-57(43-20-11-9-12-21-43,44-24-28-46(66-6)29-25-44)45-26-30-47(67-7)31-27-45)72-56(53(52)68-8)63-38-61-51-54(59-37-60-55(51)63)62(34-42-19-16-15-18-41(42)5)50(65)36-69-48-22-13-10-14-23-48/h9-16,18-31,37-40,49,52-53,56H,17,33-36H2,1-8H3/t49-,52?,53?,56-,74?/m1/s1. The summed E-state index contributed by atoms with van der Waals surface area (Å²) in [7, 11) is 3.07. The number of hydrogen-bond donors (Lipinski definition) is 0. The molecule has 1 saturated heterocycles. The van der Waals surface area contributed by atoms with Gasteiger partial charge in [0, 0.05) is 19.2 Å². The number of nitrogens with zero attached hydrogens (tertiary/aromatic N) is 7. The van der Waals surface area contributed by atoms with E-state index in [0.717, 1.165) is 27.8 Å². The molecule has 16 nitrogen and oxygen atoms in total. The van der Waals surface area contributed by atoms with Crippen molar-refractivity contribution in [1.29, 1.82) is 5.26 Å². The van der Waals surface area contributed by atoms with Crippen LogP contribution in [-0.2, 0) is 40.2 Å². The van der Waals surface area contributed by atoms with Crippen LogP contribution in [0.2, 0.25) is 0 Å². The van der Waals surface area contributed by atoms with E-state index in [1.807, 2.05) is 128 Å². The van der Waals surface area contributed by atoms with Crippen LogP contribution >= 0.6 is 8.53 Å². The zero-order chi connectivity index (χ0) is 52.2. The fourth-order valence-corrected chi connectivity index (χ4v) is 11.1. The Labute approximate surface area is 434 Å². The Bertz CT molecular complexity index is 2880. The van der Waals surface area contributed by atoms with Crippen molar-refractivity contribution < 1.29 is 42.3 Å². The minimum absolute atomic E-state index is 0.00372. The predicted octanol–water partition coefficient (Wildman–Crippen LogP) is 10.3. The number of para-hydroxylation sites is 1. The molecule has 1 fully saturated rings. The minimum atomic E-state index is -1.81. The van der Waals surface area contributed by atoms with E-state index in [-0.39, 0.29) is 50.8 Å². The largest absolute Gasteiger partial charge is 0.497 e. The van der Waals surface area contributed by atoms with Crippen molar-refractivity contribution in [3.8, 4) is 23.3 Å². The van der Waals surface area contributed by atoms with E-state index < -0.39 is 38.7 Å². The summed E-state index contributed by atoms with van der Waals surface area (Å²) < 4.78 is 56.1. The summed E-state index contributed by atoms with van der Waals surface area (Å²) in [5.74, 6) is 1.91. The van der Waals surface area contributed by atoms with Crippen molar-refractivity contribution in [3.63, 3.8) is 0 Å². The number of rotatable bonds is 24. The van der Waals surface area contributed by atoms with Gasteiger partial charge >= 0.3 is 0 Å². The molecule has 3 heterocycles. The quantitative estimate of drug-likeness (QED) is 0.0319. The van der Waals surface area contributed by atoms with Crippen molar-refractivity contribution in [3.05, 3.63) is 174 Å². The molecule has 0 N–H and O–H groups in total. The van der Waals surface area contributed by atoms with Crippen molar-refractivity contribution in [1.82, 2.24) is 24.2 Å². The van der Waals surface area contributed by atoms with Crippen LogP contribution in [0, 0.1) is 18.3 Å². The molecule has 2 aromatic heterocycles. The second-order valence-corrected chi connectivity index (χ2v) is 19.6. The van der Waals surface area contributed by atoms with Gasteiger partial charge in [0.2, 0.25) is 0 Å². The van der Waals surface area contributed by atoms with E-state index in [1.54, 1.807) is 49.3 Å². The Kier molecular flexibility index (Phi) is 18.0. The summed E-state index contributed by atoms with van der Waals surface area (Å²) in [4.78, 5) is 30.3. The van der Waals surface area contributed by atoms with E-state index >= 15 is 0 Å². The van der Waals surface area contributed by atoms with Crippen molar-refractivity contribution in [2.45, 2.75) is 89.8 Å². The van der Waals surface area contributed by atoms with Crippen LogP contribution in [0.5, 0.6) is 17.2 Å². The summed E-state index contributed by atoms with van der Waals surface area (Å²) in [5.41, 5.74) is 4.01. The molecule has 17 heteroatoms. The number of methoxy groups -OCH3 is 3. The lowest BCUT2D eigenvalue weighted by molar-refractivity contribution is -0.120. The molecule has 0 aliphatic carbocycles. The van der Waals surface area contributed by atoms with Crippen molar-refractivity contribution in [2.75, 3.05) is 46.0 Å². The molecule has 1 aliphatic rings. The van der Waals surface area contributed by atoms with Gasteiger partial charge in [0.1, 0.15) is 47.5 Å². The van der Waals surface area contributed by atoms with Crippen LogP contribution < -0.4 is 19.1 Å². The number of hydrogen-bond acceptors (Lipinski definition) is 14. The minimum Gasteiger partial charge on any atom is -0.497 e. The summed E-state index contributed by atoms with van der Waals surface area (Å²) >= 11 is 0. The Morgan fingerprint density at radius 3 is 1.97 bits per heavy atom. The first-order valence-electron chi connectivity index (χ1n) is 24.6. The molecule has 8 rings (SSSR count). The van der Waals surface area contributed by atoms with E-state index in [4.69, 9.17) is 52.4 Å². The highest BCUT2D eigenvalue weighted by atomic mass is 31.2. The fourth-order valence-electron chi connectivity index (χ4n) is 9.33. The number of carbonyl (C=O) groups is 1. The zero-order valence-electron chi connectivity index (χ0n) is 43.1. The number of anilines is 1. The Hall–Kier alpha value is -6.80. The van der Waals surface area contributed by atoms with E-state index in [2.05, 4.69) is 38.4 Å². The second-order valence-electron chi connectivity index (χ2n) is 18.2. The van der Waals surface area contributed by atoms with Gasteiger partial charge in [-0.3, -0.25) is 14.3 Å². The van der Waals surface area contributed by atoms with Gasteiger partial charge < -0.3 is 37.5 Å². The maximum atomic E-state index is 14.4. The molecular formula is C57H64N7O9P. The normalized spacial score (nSPS) is 17.2.